The van der Waals surface area contributed by atoms with Gasteiger partial charge in [-0.25, -0.2) is 4.98 Å². The highest BCUT2D eigenvalue weighted by Gasteiger charge is 2.19. The minimum absolute atomic E-state index is 0.660. The van der Waals surface area contributed by atoms with Crippen LogP contribution in [-0.2, 0) is 0 Å². The van der Waals surface area contributed by atoms with E-state index in [0.717, 1.165) is 34.5 Å². The average Bonchev–Trinajstić information content (AvgIpc) is 2.85. The first-order valence-electron chi connectivity index (χ1n) is 12.0. The monoisotopic (exact) mass is 496 g/mol. The smallest absolute Gasteiger partial charge is 0.284 e. The summed E-state index contributed by atoms with van der Waals surface area (Å²) >= 11 is 3.72. The van der Waals surface area contributed by atoms with Crippen molar-refractivity contribution in [3.05, 3.63) is 72.4 Å². The third kappa shape index (κ3) is 8.48. The Morgan fingerprint density at radius 2 is 1.29 bits per heavy atom. The van der Waals surface area contributed by atoms with E-state index >= 15 is 0 Å². The third-order valence-corrected chi connectivity index (χ3v) is 7.25. The summed E-state index contributed by atoms with van der Waals surface area (Å²) in [5, 5.41) is 0. The number of rotatable bonds is 14. The molecule has 0 aliphatic rings. The summed E-state index contributed by atoms with van der Waals surface area (Å²) in [6, 6.07) is 22.4. The average molecular weight is 497 g/mol. The zero-order chi connectivity index (χ0) is 24.2. The predicted octanol–water partition coefficient (Wildman–Crippen LogP) is 8.09. The zero-order valence-electron chi connectivity index (χ0n) is 20.7. The Balaban J connectivity index is 1.83. The number of nitrogens with zero attached hydrogens (tertiary/aromatic N) is 2. The molecule has 34 heavy (non-hydrogen) atoms. The first-order valence-corrected chi connectivity index (χ1v) is 14.0. The molecule has 2 aromatic carbocycles. The Kier molecular flexibility index (Phi) is 11.0. The van der Waals surface area contributed by atoms with Crippen LogP contribution in [-0.4, -0.2) is 30.6 Å². The van der Waals surface area contributed by atoms with Crippen LogP contribution in [0.4, 0.5) is 5.82 Å². The maximum atomic E-state index is 6.40. The van der Waals surface area contributed by atoms with Gasteiger partial charge in [-0.3, -0.25) is 0 Å². The molecule has 0 N–H and O–H groups in total. The second kappa shape index (κ2) is 14.2. The summed E-state index contributed by atoms with van der Waals surface area (Å²) in [7, 11) is 3.97. The van der Waals surface area contributed by atoms with E-state index in [4.69, 9.17) is 14.5 Å². The topological polar surface area (TPSA) is 34.6 Å². The fourth-order valence-electron chi connectivity index (χ4n) is 3.16. The molecule has 3 aromatic rings. The maximum Gasteiger partial charge on any atom is 0.284 e. The van der Waals surface area contributed by atoms with Crippen LogP contribution in [0, 0.1) is 0 Å². The van der Waals surface area contributed by atoms with Crippen LogP contribution in [0.15, 0.2) is 76.5 Å². The number of hydrogen-bond acceptors (Lipinski definition) is 6. The summed E-state index contributed by atoms with van der Waals surface area (Å²) in [6.45, 7) is 4.43. The molecular weight excluding hydrogens is 460 g/mol. The standard InChI is InChI=1S/C28H36N2O2S2/c1-5-7-18-33-24-14-9-12-22(20-24)31-28(26-16-11-17-27(29-26)30(3)4)32-23-13-10-15-25(21-23)34-19-8-6-2/h9-17,20-21,28H,5-8,18-19H2,1-4H3. The number of ether oxygens (including phenoxy) is 2. The highest BCUT2D eigenvalue weighted by Crippen LogP contribution is 2.31. The normalized spacial score (nSPS) is 11.0. The van der Waals surface area contributed by atoms with E-state index in [2.05, 4.69) is 38.1 Å². The number of benzene rings is 2. The van der Waals surface area contributed by atoms with Crippen molar-refractivity contribution in [1.29, 1.82) is 0 Å². The van der Waals surface area contributed by atoms with Crippen molar-refractivity contribution < 1.29 is 9.47 Å². The lowest BCUT2D eigenvalue weighted by Crippen LogP contribution is -2.18. The van der Waals surface area contributed by atoms with E-state index < -0.39 is 6.29 Å². The summed E-state index contributed by atoms with van der Waals surface area (Å²) in [5.41, 5.74) is 0.735. The van der Waals surface area contributed by atoms with Gasteiger partial charge in [-0.2, -0.15) is 0 Å². The van der Waals surface area contributed by atoms with Crippen LogP contribution in [0.3, 0.4) is 0 Å². The maximum absolute atomic E-state index is 6.40. The van der Waals surface area contributed by atoms with Crippen molar-refractivity contribution in [3.63, 3.8) is 0 Å². The Hall–Kier alpha value is -2.31. The van der Waals surface area contributed by atoms with Gasteiger partial charge in [0, 0.05) is 23.9 Å². The molecule has 1 heterocycles. The van der Waals surface area contributed by atoms with Gasteiger partial charge in [0.05, 0.1) is 0 Å². The molecule has 0 aliphatic carbocycles. The molecule has 0 amide bonds. The molecule has 4 nitrogen and oxygen atoms in total. The van der Waals surface area contributed by atoms with Gasteiger partial charge in [0.1, 0.15) is 23.0 Å². The lowest BCUT2D eigenvalue weighted by molar-refractivity contribution is 0.0000879. The van der Waals surface area contributed by atoms with Crippen molar-refractivity contribution in [3.8, 4) is 11.5 Å². The molecule has 182 valence electrons. The van der Waals surface area contributed by atoms with E-state index in [1.807, 2.05) is 85.0 Å². The minimum atomic E-state index is -0.660. The number of hydrogen-bond donors (Lipinski definition) is 0. The molecule has 0 unspecified atom stereocenters. The van der Waals surface area contributed by atoms with E-state index in [9.17, 15) is 0 Å². The lowest BCUT2D eigenvalue weighted by Gasteiger charge is -2.22. The molecule has 0 saturated heterocycles. The zero-order valence-corrected chi connectivity index (χ0v) is 22.3. The van der Waals surface area contributed by atoms with Crippen molar-refractivity contribution in [2.75, 3.05) is 30.5 Å². The molecule has 3 rings (SSSR count). The van der Waals surface area contributed by atoms with E-state index in [-0.39, 0.29) is 0 Å². The van der Waals surface area contributed by atoms with Crippen LogP contribution < -0.4 is 14.4 Å². The number of pyridine rings is 1. The van der Waals surface area contributed by atoms with Gasteiger partial charge >= 0.3 is 0 Å². The molecule has 0 fully saturated rings. The van der Waals surface area contributed by atoms with Gasteiger partial charge in [0.15, 0.2) is 0 Å². The van der Waals surface area contributed by atoms with Crippen LogP contribution in [0.1, 0.15) is 51.5 Å². The highest BCUT2D eigenvalue weighted by atomic mass is 32.2. The highest BCUT2D eigenvalue weighted by molar-refractivity contribution is 7.99. The van der Waals surface area contributed by atoms with Gasteiger partial charge in [-0.1, -0.05) is 44.9 Å². The number of unbranched alkanes of at least 4 members (excludes halogenated alkanes) is 2. The lowest BCUT2D eigenvalue weighted by atomic mass is 10.3. The minimum Gasteiger partial charge on any atom is -0.449 e. The molecule has 0 atom stereocenters. The van der Waals surface area contributed by atoms with E-state index in [1.165, 1.54) is 35.5 Å². The van der Waals surface area contributed by atoms with Gasteiger partial charge in [0.2, 0.25) is 0 Å². The Morgan fingerprint density at radius 1 is 0.765 bits per heavy atom. The first kappa shape index (κ1) is 26.3. The Labute approximate surface area is 213 Å². The molecule has 1 aromatic heterocycles. The van der Waals surface area contributed by atoms with Crippen LogP contribution in [0.25, 0.3) is 0 Å². The summed E-state index contributed by atoms with van der Waals surface area (Å²) in [6.07, 6.45) is 4.14. The van der Waals surface area contributed by atoms with Gasteiger partial charge < -0.3 is 14.4 Å². The fourth-order valence-corrected chi connectivity index (χ4v) is 5.24. The number of aromatic nitrogens is 1. The second-order valence-electron chi connectivity index (χ2n) is 8.24. The van der Waals surface area contributed by atoms with Gasteiger partial charge in [-0.05, 0) is 72.9 Å². The molecule has 0 bridgehead atoms. The molecule has 0 spiro atoms. The summed E-state index contributed by atoms with van der Waals surface area (Å²) in [5.74, 6) is 4.63. The van der Waals surface area contributed by atoms with Crippen LogP contribution in [0.2, 0.25) is 0 Å². The second-order valence-corrected chi connectivity index (χ2v) is 10.6. The Bertz CT molecular complexity index is 957. The molecule has 0 aliphatic heterocycles. The molecular formula is C28H36N2O2S2. The fraction of sp³-hybridized carbons (Fsp3) is 0.393. The van der Waals surface area contributed by atoms with Crippen molar-refractivity contribution >= 4 is 29.3 Å². The Morgan fingerprint density at radius 3 is 1.79 bits per heavy atom. The van der Waals surface area contributed by atoms with Crippen molar-refractivity contribution in [2.24, 2.45) is 0 Å². The van der Waals surface area contributed by atoms with Gasteiger partial charge in [0.25, 0.3) is 6.29 Å². The largest absolute Gasteiger partial charge is 0.449 e. The number of anilines is 1. The van der Waals surface area contributed by atoms with E-state index in [1.54, 1.807) is 0 Å². The predicted molar refractivity (Wildman–Crippen MR) is 147 cm³/mol. The number of thioether (sulfide) groups is 2. The van der Waals surface area contributed by atoms with E-state index in [0.29, 0.717) is 0 Å². The van der Waals surface area contributed by atoms with Crippen molar-refractivity contribution in [2.45, 2.75) is 55.6 Å². The summed E-state index contributed by atoms with van der Waals surface area (Å²) < 4.78 is 12.8. The summed E-state index contributed by atoms with van der Waals surface area (Å²) in [4.78, 5) is 9.18. The van der Waals surface area contributed by atoms with Crippen LogP contribution in [0.5, 0.6) is 11.5 Å². The third-order valence-electron chi connectivity index (χ3n) is 5.09. The first-order chi connectivity index (χ1) is 16.6. The molecule has 0 saturated carbocycles. The van der Waals surface area contributed by atoms with Gasteiger partial charge in [-0.15, -0.1) is 23.5 Å². The van der Waals surface area contributed by atoms with Crippen molar-refractivity contribution in [1.82, 2.24) is 4.98 Å². The molecule has 0 radical (unpaired) electrons. The van der Waals surface area contributed by atoms with Crippen LogP contribution >= 0.6 is 23.5 Å². The SMILES string of the molecule is CCCCSc1cccc(OC(Oc2cccc(SCCCC)c2)c2cccc(N(C)C)n2)c1. The quantitative estimate of drug-likeness (QED) is 0.127. The molecule has 6 heteroatoms.